The molecule has 0 unspecified atom stereocenters. The Morgan fingerprint density at radius 2 is 2.11 bits per heavy atom. The van der Waals surface area contributed by atoms with Crippen LogP contribution in [0.1, 0.15) is 25.0 Å². The first-order valence-electron chi connectivity index (χ1n) is 5.95. The van der Waals surface area contributed by atoms with E-state index in [1.165, 1.54) is 0 Å². The number of amides is 1. The Bertz CT molecular complexity index is 392. The van der Waals surface area contributed by atoms with E-state index in [-0.39, 0.29) is 18.7 Å². The maximum Gasteiger partial charge on any atom is 0.303 e. The zero-order valence-corrected chi connectivity index (χ0v) is 10.5. The van der Waals surface area contributed by atoms with Crippen LogP contribution in [0.3, 0.4) is 0 Å². The third-order valence-electron chi connectivity index (χ3n) is 2.64. The quantitative estimate of drug-likeness (QED) is 0.792. The number of rotatable bonds is 7. The summed E-state index contributed by atoms with van der Waals surface area (Å²) in [7, 11) is 1.73. The fourth-order valence-corrected chi connectivity index (χ4v) is 1.53. The van der Waals surface area contributed by atoms with Crippen molar-refractivity contribution in [3.63, 3.8) is 0 Å². The van der Waals surface area contributed by atoms with Gasteiger partial charge in [0.25, 0.3) is 0 Å². The van der Waals surface area contributed by atoms with Crippen LogP contribution in [-0.4, -0.2) is 40.5 Å². The number of likely N-dealkylation sites (N-methyl/N-ethyl adjacent to an activating group) is 1. The highest BCUT2D eigenvalue weighted by Crippen LogP contribution is 2.02. The Balaban J connectivity index is 2.25. The normalized spacial score (nSPS) is 10.1. The molecule has 0 atom stereocenters. The van der Waals surface area contributed by atoms with Crippen molar-refractivity contribution < 1.29 is 14.7 Å². The molecule has 1 rings (SSSR count). The zero-order valence-electron chi connectivity index (χ0n) is 10.5. The van der Waals surface area contributed by atoms with Gasteiger partial charge in [-0.3, -0.25) is 14.6 Å². The first-order valence-corrected chi connectivity index (χ1v) is 5.95. The summed E-state index contributed by atoms with van der Waals surface area (Å²) in [5.41, 5.74) is 0.947. The van der Waals surface area contributed by atoms with Crippen molar-refractivity contribution in [2.45, 2.75) is 25.7 Å². The van der Waals surface area contributed by atoms with E-state index in [4.69, 9.17) is 5.11 Å². The van der Waals surface area contributed by atoms with Crippen LogP contribution in [-0.2, 0) is 16.0 Å². The summed E-state index contributed by atoms with van der Waals surface area (Å²) in [5, 5.41) is 8.48. The maximum atomic E-state index is 11.7. The molecule has 1 aromatic heterocycles. The van der Waals surface area contributed by atoms with Crippen LogP contribution >= 0.6 is 0 Å². The lowest BCUT2D eigenvalue weighted by Crippen LogP contribution is -2.28. The van der Waals surface area contributed by atoms with E-state index in [1.54, 1.807) is 18.1 Å². The van der Waals surface area contributed by atoms with Crippen molar-refractivity contribution in [1.82, 2.24) is 9.88 Å². The van der Waals surface area contributed by atoms with Crippen LogP contribution in [0.5, 0.6) is 0 Å². The van der Waals surface area contributed by atoms with Gasteiger partial charge >= 0.3 is 5.97 Å². The molecule has 18 heavy (non-hydrogen) atoms. The second-order valence-corrected chi connectivity index (χ2v) is 4.13. The average molecular weight is 250 g/mol. The Morgan fingerprint density at radius 3 is 2.72 bits per heavy atom. The maximum absolute atomic E-state index is 11.7. The largest absolute Gasteiger partial charge is 0.481 e. The van der Waals surface area contributed by atoms with Gasteiger partial charge in [0.05, 0.1) is 0 Å². The molecule has 0 fully saturated rings. The molecule has 98 valence electrons. The number of carboxylic acid groups (broad SMARTS) is 1. The summed E-state index contributed by atoms with van der Waals surface area (Å²) in [5.74, 6) is -0.883. The fraction of sp³-hybridized carbons (Fsp3) is 0.462. The van der Waals surface area contributed by atoms with E-state index in [1.807, 2.05) is 18.2 Å². The van der Waals surface area contributed by atoms with Gasteiger partial charge in [-0.15, -0.1) is 0 Å². The molecule has 1 heterocycles. The first-order chi connectivity index (χ1) is 8.59. The molecule has 0 spiro atoms. The Labute approximate surface area is 106 Å². The lowest BCUT2D eigenvalue weighted by Gasteiger charge is -2.16. The van der Waals surface area contributed by atoms with Gasteiger partial charge in [0.2, 0.25) is 5.91 Å². The summed E-state index contributed by atoms with van der Waals surface area (Å²) < 4.78 is 0. The number of carbonyl (C=O) groups is 2. The summed E-state index contributed by atoms with van der Waals surface area (Å²) in [6, 6.07) is 5.68. The minimum atomic E-state index is -0.862. The van der Waals surface area contributed by atoms with Crippen LogP contribution in [0.2, 0.25) is 0 Å². The molecule has 1 aromatic rings. The van der Waals surface area contributed by atoms with Gasteiger partial charge in [0, 0.05) is 44.7 Å². The van der Waals surface area contributed by atoms with Crippen molar-refractivity contribution >= 4 is 11.9 Å². The summed E-state index contributed by atoms with van der Waals surface area (Å²) in [6.45, 7) is 0.600. The van der Waals surface area contributed by atoms with Gasteiger partial charge in [0.15, 0.2) is 0 Å². The highest BCUT2D eigenvalue weighted by molar-refractivity contribution is 5.76. The highest BCUT2D eigenvalue weighted by Gasteiger charge is 2.09. The molecule has 5 heteroatoms. The Morgan fingerprint density at radius 1 is 1.33 bits per heavy atom. The van der Waals surface area contributed by atoms with Gasteiger partial charge in [-0.2, -0.15) is 0 Å². The van der Waals surface area contributed by atoms with Gasteiger partial charge in [-0.05, 0) is 18.6 Å². The second-order valence-electron chi connectivity index (χ2n) is 4.13. The fourth-order valence-electron chi connectivity index (χ4n) is 1.53. The smallest absolute Gasteiger partial charge is 0.303 e. The topological polar surface area (TPSA) is 70.5 Å². The van der Waals surface area contributed by atoms with Crippen LogP contribution < -0.4 is 0 Å². The van der Waals surface area contributed by atoms with Gasteiger partial charge < -0.3 is 10.0 Å². The number of carboxylic acids is 1. The lowest BCUT2D eigenvalue weighted by molar-refractivity contribution is -0.137. The van der Waals surface area contributed by atoms with Crippen LogP contribution in [0, 0.1) is 0 Å². The van der Waals surface area contributed by atoms with Crippen molar-refractivity contribution in [2.75, 3.05) is 13.6 Å². The summed E-state index contributed by atoms with van der Waals surface area (Å²) >= 11 is 0. The van der Waals surface area contributed by atoms with E-state index < -0.39 is 5.97 Å². The number of hydrogen-bond acceptors (Lipinski definition) is 3. The molecule has 0 radical (unpaired) electrons. The number of hydrogen-bond donors (Lipinski definition) is 1. The minimum Gasteiger partial charge on any atom is -0.481 e. The van der Waals surface area contributed by atoms with Crippen molar-refractivity contribution in [2.24, 2.45) is 0 Å². The average Bonchev–Trinajstić information content (AvgIpc) is 2.36. The highest BCUT2D eigenvalue weighted by atomic mass is 16.4. The van der Waals surface area contributed by atoms with E-state index in [2.05, 4.69) is 4.98 Å². The number of pyridine rings is 1. The van der Waals surface area contributed by atoms with Crippen molar-refractivity contribution in [3.05, 3.63) is 30.1 Å². The Kier molecular flexibility index (Phi) is 5.84. The Hall–Kier alpha value is -1.91. The minimum absolute atomic E-state index is 0.0211. The third kappa shape index (κ3) is 5.43. The standard InChI is InChI=1S/C13H18N2O3/c1-15(12(16)6-4-7-13(17)18)10-8-11-5-2-3-9-14-11/h2-3,5,9H,4,6-8,10H2,1H3,(H,17,18). The molecule has 0 saturated carbocycles. The third-order valence-corrected chi connectivity index (χ3v) is 2.64. The summed E-state index contributed by atoms with van der Waals surface area (Å²) in [4.78, 5) is 27.8. The van der Waals surface area contributed by atoms with Crippen molar-refractivity contribution in [1.29, 1.82) is 0 Å². The molecule has 0 bridgehead atoms. The van der Waals surface area contributed by atoms with E-state index in [9.17, 15) is 9.59 Å². The van der Waals surface area contributed by atoms with Crippen LogP contribution in [0.15, 0.2) is 24.4 Å². The van der Waals surface area contributed by atoms with Gasteiger partial charge in [0.1, 0.15) is 0 Å². The predicted molar refractivity (Wildman–Crippen MR) is 67.1 cm³/mol. The van der Waals surface area contributed by atoms with E-state index in [0.29, 0.717) is 19.4 Å². The summed E-state index contributed by atoms with van der Waals surface area (Å²) in [6.07, 6.45) is 3.15. The monoisotopic (exact) mass is 250 g/mol. The van der Waals surface area contributed by atoms with E-state index in [0.717, 1.165) is 5.69 Å². The molecule has 0 aromatic carbocycles. The first kappa shape index (κ1) is 14.2. The SMILES string of the molecule is CN(CCc1ccccn1)C(=O)CCCC(=O)O. The molecular formula is C13H18N2O3. The molecular weight excluding hydrogens is 232 g/mol. The number of nitrogens with zero attached hydrogens (tertiary/aromatic N) is 2. The van der Waals surface area contributed by atoms with Crippen LogP contribution in [0.4, 0.5) is 0 Å². The molecule has 1 amide bonds. The lowest BCUT2D eigenvalue weighted by atomic mass is 10.2. The molecule has 1 N–H and O–H groups in total. The van der Waals surface area contributed by atoms with E-state index >= 15 is 0 Å². The molecule has 5 nitrogen and oxygen atoms in total. The molecule has 0 saturated heterocycles. The predicted octanol–water partition coefficient (Wildman–Crippen LogP) is 1.34. The van der Waals surface area contributed by atoms with Crippen molar-refractivity contribution in [3.8, 4) is 0 Å². The molecule has 0 aliphatic heterocycles. The molecule has 0 aliphatic carbocycles. The van der Waals surface area contributed by atoms with Gasteiger partial charge in [-0.25, -0.2) is 0 Å². The number of carbonyl (C=O) groups excluding carboxylic acids is 1. The second kappa shape index (κ2) is 7.42. The molecule has 0 aliphatic rings. The zero-order chi connectivity index (χ0) is 13.4. The number of aliphatic carboxylic acids is 1. The number of aromatic nitrogens is 1. The van der Waals surface area contributed by atoms with Crippen LogP contribution in [0.25, 0.3) is 0 Å². The van der Waals surface area contributed by atoms with Gasteiger partial charge in [-0.1, -0.05) is 6.07 Å².